The Morgan fingerprint density at radius 1 is 1.04 bits per heavy atom. The van der Waals surface area contributed by atoms with Crippen LogP contribution < -0.4 is 4.74 Å². The molecule has 0 bridgehead atoms. The molecule has 6 heteroatoms. The number of hydrogen-bond acceptors (Lipinski definition) is 3. The molecule has 4 nitrogen and oxygen atoms in total. The quantitative estimate of drug-likeness (QED) is 0.559. The lowest BCUT2D eigenvalue weighted by molar-refractivity contribution is 0.0516. The van der Waals surface area contributed by atoms with Crippen molar-refractivity contribution >= 4 is 10.9 Å². The Kier molecular flexibility index (Phi) is 4.57. The van der Waals surface area contributed by atoms with Gasteiger partial charge in [0.2, 0.25) is 0 Å². The molecule has 4 rings (SSSR count). The zero-order valence-electron chi connectivity index (χ0n) is 15.1. The summed E-state index contributed by atoms with van der Waals surface area (Å²) in [5.74, 6) is -0.630. The summed E-state index contributed by atoms with van der Waals surface area (Å²) in [4.78, 5) is 0. The van der Waals surface area contributed by atoms with Gasteiger partial charge in [-0.2, -0.15) is 5.10 Å². The smallest absolute Gasteiger partial charge is 0.165 e. The Labute approximate surface area is 160 Å². The molecule has 142 valence electrons. The number of benzene rings is 3. The van der Waals surface area contributed by atoms with E-state index in [0.717, 1.165) is 22.7 Å². The highest BCUT2D eigenvalue weighted by Gasteiger charge is 2.33. The van der Waals surface area contributed by atoms with Crippen LogP contribution in [-0.4, -0.2) is 28.7 Å². The summed E-state index contributed by atoms with van der Waals surface area (Å²) in [7, 11) is 1.32. The van der Waals surface area contributed by atoms with Crippen LogP contribution in [0.25, 0.3) is 16.6 Å². The van der Waals surface area contributed by atoms with E-state index in [0.29, 0.717) is 5.56 Å². The predicted molar refractivity (Wildman–Crippen MR) is 103 cm³/mol. The highest BCUT2D eigenvalue weighted by atomic mass is 19.1. The second-order valence-corrected chi connectivity index (χ2v) is 6.51. The SMILES string of the molecule is COc1cc(C(O)(CF)c2ccc3c(cnn3-c3ccccc3)c2)ccc1F. The molecule has 0 amide bonds. The lowest BCUT2D eigenvalue weighted by atomic mass is 9.87. The fourth-order valence-corrected chi connectivity index (χ4v) is 3.30. The van der Waals surface area contributed by atoms with E-state index < -0.39 is 18.1 Å². The molecule has 1 unspecified atom stereocenters. The van der Waals surface area contributed by atoms with Crippen molar-refractivity contribution in [3.05, 3.63) is 89.9 Å². The van der Waals surface area contributed by atoms with Gasteiger partial charge in [-0.3, -0.25) is 0 Å². The van der Waals surface area contributed by atoms with Crippen LogP contribution in [0, 0.1) is 5.82 Å². The van der Waals surface area contributed by atoms with Crippen molar-refractivity contribution in [3.8, 4) is 11.4 Å². The lowest BCUT2D eigenvalue weighted by Gasteiger charge is -2.26. The van der Waals surface area contributed by atoms with Crippen LogP contribution in [0.4, 0.5) is 8.78 Å². The van der Waals surface area contributed by atoms with Gasteiger partial charge >= 0.3 is 0 Å². The number of alkyl halides is 1. The van der Waals surface area contributed by atoms with Crippen LogP contribution in [0.1, 0.15) is 11.1 Å². The van der Waals surface area contributed by atoms with Crippen molar-refractivity contribution in [2.75, 3.05) is 13.8 Å². The van der Waals surface area contributed by atoms with Gasteiger partial charge in [-0.05, 0) is 47.5 Å². The number of nitrogens with zero attached hydrogens (tertiary/aromatic N) is 2. The van der Waals surface area contributed by atoms with Gasteiger partial charge in [-0.25, -0.2) is 13.5 Å². The molecule has 1 aromatic heterocycles. The molecule has 1 atom stereocenters. The maximum atomic E-state index is 14.0. The number of halogens is 2. The number of aromatic nitrogens is 2. The van der Waals surface area contributed by atoms with Crippen LogP contribution in [0.3, 0.4) is 0 Å². The average Bonchev–Trinajstić information content (AvgIpc) is 3.17. The first-order valence-electron chi connectivity index (χ1n) is 8.73. The van der Waals surface area contributed by atoms with Crippen LogP contribution in [0.5, 0.6) is 5.75 Å². The molecule has 0 fully saturated rings. The number of ether oxygens (including phenoxy) is 1. The minimum Gasteiger partial charge on any atom is -0.494 e. The predicted octanol–water partition coefficient (Wildman–Crippen LogP) is 4.38. The van der Waals surface area contributed by atoms with E-state index in [2.05, 4.69) is 5.10 Å². The van der Waals surface area contributed by atoms with Crippen LogP contribution >= 0.6 is 0 Å². The molecule has 4 aromatic rings. The van der Waals surface area contributed by atoms with E-state index in [1.54, 1.807) is 29.1 Å². The molecule has 0 aliphatic carbocycles. The van der Waals surface area contributed by atoms with Gasteiger partial charge in [-0.15, -0.1) is 0 Å². The first kappa shape index (κ1) is 18.1. The zero-order chi connectivity index (χ0) is 19.7. The van der Waals surface area contributed by atoms with E-state index >= 15 is 0 Å². The highest BCUT2D eigenvalue weighted by Crippen LogP contribution is 2.35. The maximum Gasteiger partial charge on any atom is 0.165 e. The molecule has 28 heavy (non-hydrogen) atoms. The van der Waals surface area contributed by atoms with Crippen molar-refractivity contribution in [2.24, 2.45) is 0 Å². The van der Waals surface area contributed by atoms with Crippen LogP contribution in [0.2, 0.25) is 0 Å². The fourth-order valence-electron chi connectivity index (χ4n) is 3.30. The van der Waals surface area contributed by atoms with Gasteiger partial charge in [-0.1, -0.05) is 30.3 Å². The maximum absolute atomic E-state index is 14.0. The standard InChI is InChI=1S/C22H18F2N2O2/c1-28-21-12-17(7-9-19(21)24)22(27,14-23)16-8-10-20-15(11-16)13-25-26(20)18-5-3-2-4-6-18/h2-13,27H,14H2,1H3. The van der Waals surface area contributed by atoms with Crippen molar-refractivity contribution in [2.45, 2.75) is 5.60 Å². The molecular formula is C22H18F2N2O2. The Balaban J connectivity index is 1.81. The summed E-state index contributed by atoms with van der Waals surface area (Å²) in [6.07, 6.45) is 1.66. The topological polar surface area (TPSA) is 47.3 Å². The Morgan fingerprint density at radius 3 is 2.46 bits per heavy atom. The molecule has 0 aliphatic rings. The van der Waals surface area contributed by atoms with E-state index in [1.165, 1.54) is 19.2 Å². The van der Waals surface area contributed by atoms with Crippen LogP contribution in [-0.2, 0) is 5.60 Å². The molecule has 0 aliphatic heterocycles. The second kappa shape index (κ2) is 7.05. The van der Waals surface area contributed by atoms with Gasteiger partial charge in [0.1, 0.15) is 12.3 Å². The van der Waals surface area contributed by atoms with Crippen molar-refractivity contribution in [3.63, 3.8) is 0 Å². The van der Waals surface area contributed by atoms with Gasteiger partial charge < -0.3 is 9.84 Å². The highest BCUT2D eigenvalue weighted by molar-refractivity contribution is 5.81. The molecule has 1 N–H and O–H groups in total. The number of hydrogen-bond donors (Lipinski definition) is 1. The molecular weight excluding hydrogens is 362 g/mol. The van der Waals surface area contributed by atoms with E-state index in [9.17, 15) is 13.9 Å². The van der Waals surface area contributed by atoms with Crippen molar-refractivity contribution in [1.29, 1.82) is 0 Å². The monoisotopic (exact) mass is 380 g/mol. The third-order valence-electron chi connectivity index (χ3n) is 4.87. The summed E-state index contributed by atoms with van der Waals surface area (Å²) >= 11 is 0. The molecule has 0 saturated heterocycles. The molecule has 0 radical (unpaired) electrons. The molecule has 3 aromatic carbocycles. The summed E-state index contributed by atoms with van der Waals surface area (Å²) in [6, 6.07) is 18.6. The zero-order valence-corrected chi connectivity index (χ0v) is 15.1. The number of rotatable bonds is 5. The number of methoxy groups -OCH3 is 1. The summed E-state index contributed by atoms with van der Waals surface area (Å²) < 4.78 is 34.5. The Bertz CT molecular complexity index is 1130. The van der Waals surface area contributed by atoms with E-state index in [1.807, 2.05) is 30.3 Å². The number of para-hydroxylation sites is 1. The van der Waals surface area contributed by atoms with Gasteiger partial charge in [0.15, 0.2) is 11.6 Å². The molecule has 0 spiro atoms. The van der Waals surface area contributed by atoms with Gasteiger partial charge in [0.25, 0.3) is 0 Å². The van der Waals surface area contributed by atoms with E-state index in [4.69, 9.17) is 4.74 Å². The van der Waals surface area contributed by atoms with Crippen molar-refractivity contribution < 1.29 is 18.6 Å². The number of aliphatic hydroxyl groups is 1. The fraction of sp³-hybridized carbons (Fsp3) is 0.136. The lowest BCUT2D eigenvalue weighted by Crippen LogP contribution is -2.29. The van der Waals surface area contributed by atoms with E-state index in [-0.39, 0.29) is 11.3 Å². The first-order valence-corrected chi connectivity index (χ1v) is 8.73. The second-order valence-electron chi connectivity index (χ2n) is 6.51. The minimum atomic E-state index is -1.93. The average molecular weight is 380 g/mol. The van der Waals surface area contributed by atoms with Crippen molar-refractivity contribution in [1.82, 2.24) is 9.78 Å². The minimum absolute atomic E-state index is 0.0534. The van der Waals surface area contributed by atoms with Gasteiger partial charge in [0, 0.05) is 5.39 Å². The summed E-state index contributed by atoms with van der Waals surface area (Å²) in [5.41, 5.74) is 0.359. The first-order chi connectivity index (χ1) is 13.6. The summed E-state index contributed by atoms with van der Waals surface area (Å²) in [6.45, 7) is -1.07. The third kappa shape index (κ3) is 2.92. The van der Waals surface area contributed by atoms with Gasteiger partial charge in [0.05, 0.1) is 24.5 Å². The molecule has 0 saturated carbocycles. The Morgan fingerprint density at radius 2 is 1.75 bits per heavy atom. The largest absolute Gasteiger partial charge is 0.494 e. The number of fused-ring (bicyclic) bond motifs is 1. The third-order valence-corrected chi connectivity index (χ3v) is 4.87. The summed E-state index contributed by atoms with van der Waals surface area (Å²) in [5, 5.41) is 16.2. The Hall–Kier alpha value is -3.25. The normalized spacial score (nSPS) is 13.4. The molecule has 1 heterocycles. The van der Waals surface area contributed by atoms with Crippen LogP contribution in [0.15, 0.2) is 72.9 Å².